The Hall–Kier alpha value is -3.34. The fraction of sp³-hybridized carbons (Fsp3) is 0.217. The Kier molecular flexibility index (Phi) is 5.24. The van der Waals surface area contributed by atoms with E-state index in [1.807, 2.05) is 36.4 Å². The van der Waals surface area contributed by atoms with Gasteiger partial charge in [0, 0.05) is 24.3 Å². The summed E-state index contributed by atoms with van der Waals surface area (Å²) in [5.74, 6) is 0.149. The highest BCUT2D eigenvalue weighted by Crippen LogP contribution is 2.32. The lowest BCUT2D eigenvalue weighted by Gasteiger charge is -2.17. The summed E-state index contributed by atoms with van der Waals surface area (Å²) in [6.45, 7) is 0.614. The van der Waals surface area contributed by atoms with Crippen LogP contribution in [-0.2, 0) is 17.6 Å². The van der Waals surface area contributed by atoms with Gasteiger partial charge in [0.05, 0.1) is 6.26 Å². The van der Waals surface area contributed by atoms with Crippen LogP contribution in [0.25, 0.3) is 0 Å². The molecule has 0 spiro atoms. The molecule has 5 heteroatoms. The number of carbonyl (C=O) groups is 2. The molecule has 0 saturated heterocycles. The Morgan fingerprint density at radius 3 is 2.68 bits per heavy atom. The van der Waals surface area contributed by atoms with Crippen LogP contribution in [0.4, 0.5) is 11.4 Å². The van der Waals surface area contributed by atoms with Crippen molar-refractivity contribution in [2.75, 3.05) is 16.8 Å². The van der Waals surface area contributed by atoms with Crippen LogP contribution in [0.1, 0.15) is 34.5 Å². The first-order chi connectivity index (χ1) is 13.7. The number of rotatable bonds is 6. The van der Waals surface area contributed by atoms with Crippen LogP contribution in [0.5, 0.6) is 0 Å². The molecular weight excluding hydrogens is 352 g/mol. The summed E-state index contributed by atoms with van der Waals surface area (Å²) in [4.78, 5) is 26.6. The van der Waals surface area contributed by atoms with Crippen molar-refractivity contribution in [3.63, 3.8) is 0 Å². The van der Waals surface area contributed by atoms with Gasteiger partial charge in [0.25, 0.3) is 5.91 Å². The van der Waals surface area contributed by atoms with E-state index in [0.717, 1.165) is 30.5 Å². The minimum atomic E-state index is -0.157. The van der Waals surface area contributed by atoms with Crippen molar-refractivity contribution in [3.8, 4) is 0 Å². The number of hydrogen-bond donors (Lipinski definition) is 1. The van der Waals surface area contributed by atoms with Gasteiger partial charge in [0.2, 0.25) is 5.91 Å². The molecule has 2 heterocycles. The molecule has 1 aromatic heterocycles. The van der Waals surface area contributed by atoms with Crippen molar-refractivity contribution in [1.29, 1.82) is 0 Å². The van der Waals surface area contributed by atoms with Gasteiger partial charge in [0.15, 0.2) is 5.76 Å². The van der Waals surface area contributed by atoms with Gasteiger partial charge < -0.3 is 14.6 Å². The third-order valence-electron chi connectivity index (χ3n) is 4.95. The highest BCUT2D eigenvalue weighted by Gasteiger charge is 2.27. The summed E-state index contributed by atoms with van der Waals surface area (Å²) in [5, 5.41) is 2.95. The van der Waals surface area contributed by atoms with Crippen molar-refractivity contribution in [2.24, 2.45) is 0 Å². The molecular formula is C23H22N2O3. The third kappa shape index (κ3) is 3.98. The smallest absolute Gasteiger partial charge is 0.293 e. The van der Waals surface area contributed by atoms with Gasteiger partial charge in [-0.15, -0.1) is 0 Å². The van der Waals surface area contributed by atoms with Gasteiger partial charge in [0.1, 0.15) is 0 Å². The lowest BCUT2D eigenvalue weighted by atomic mass is 10.1. The summed E-state index contributed by atoms with van der Waals surface area (Å²) in [6, 6.07) is 19.3. The number of anilines is 2. The molecule has 0 atom stereocenters. The Labute approximate surface area is 164 Å². The maximum Gasteiger partial charge on any atom is 0.293 e. The van der Waals surface area contributed by atoms with Gasteiger partial charge in [-0.25, -0.2) is 0 Å². The quantitative estimate of drug-likeness (QED) is 0.694. The molecule has 4 rings (SSSR count). The summed E-state index contributed by atoms with van der Waals surface area (Å²) < 4.78 is 5.24. The van der Waals surface area contributed by atoms with Gasteiger partial charge in [-0.3, -0.25) is 9.59 Å². The number of furan rings is 1. The van der Waals surface area contributed by atoms with E-state index in [-0.39, 0.29) is 11.8 Å². The Bertz CT molecular complexity index is 965. The molecule has 0 saturated carbocycles. The zero-order chi connectivity index (χ0) is 19.3. The molecule has 1 aliphatic heterocycles. The largest absolute Gasteiger partial charge is 0.459 e. The van der Waals surface area contributed by atoms with Crippen molar-refractivity contribution >= 4 is 23.2 Å². The average molecular weight is 374 g/mol. The fourth-order valence-electron chi connectivity index (χ4n) is 3.52. The maximum atomic E-state index is 12.6. The molecule has 2 amide bonds. The predicted octanol–water partition coefficient (Wildman–Crippen LogP) is 4.44. The molecule has 0 fully saturated rings. The molecule has 142 valence electrons. The minimum Gasteiger partial charge on any atom is -0.459 e. The number of nitrogens with one attached hydrogen (secondary N) is 1. The van der Waals surface area contributed by atoms with Crippen LogP contribution in [0.15, 0.2) is 71.3 Å². The first kappa shape index (κ1) is 18.0. The molecule has 5 nitrogen and oxygen atoms in total. The van der Waals surface area contributed by atoms with Gasteiger partial charge >= 0.3 is 0 Å². The van der Waals surface area contributed by atoms with E-state index in [1.165, 1.54) is 11.8 Å². The van der Waals surface area contributed by atoms with Crippen molar-refractivity contribution in [1.82, 2.24) is 0 Å². The van der Waals surface area contributed by atoms with Gasteiger partial charge in [-0.2, -0.15) is 0 Å². The van der Waals surface area contributed by atoms with Gasteiger partial charge in [-0.05, 0) is 54.7 Å². The number of carbonyl (C=O) groups excluding carboxylic acids is 2. The molecule has 0 unspecified atom stereocenters. The SMILES string of the molecule is O=C(CCCc1ccccc1)Nc1ccc2c(c1)N(C(=O)c1ccco1)CC2. The Balaban J connectivity index is 1.38. The van der Waals surface area contributed by atoms with Crippen LogP contribution in [0.2, 0.25) is 0 Å². The molecule has 1 N–H and O–H groups in total. The summed E-state index contributed by atoms with van der Waals surface area (Å²) in [7, 11) is 0. The van der Waals surface area contributed by atoms with Crippen LogP contribution < -0.4 is 10.2 Å². The summed E-state index contributed by atoms with van der Waals surface area (Å²) in [6.07, 6.45) is 4.43. The van der Waals surface area contributed by atoms with Crippen LogP contribution in [-0.4, -0.2) is 18.4 Å². The van der Waals surface area contributed by atoms with Crippen LogP contribution in [0, 0.1) is 0 Å². The molecule has 0 radical (unpaired) electrons. The first-order valence-electron chi connectivity index (χ1n) is 9.53. The third-order valence-corrected chi connectivity index (χ3v) is 4.95. The van der Waals surface area contributed by atoms with Crippen molar-refractivity contribution in [2.45, 2.75) is 25.7 Å². The lowest BCUT2D eigenvalue weighted by Crippen LogP contribution is -2.28. The fourth-order valence-corrected chi connectivity index (χ4v) is 3.52. The number of hydrogen-bond acceptors (Lipinski definition) is 3. The molecule has 28 heavy (non-hydrogen) atoms. The standard InChI is InChI=1S/C23H22N2O3/c26-22(10-4-8-17-6-2-1-3-7-17)24-19-12-11-18-13-14-25(20(18)16-19)23(27)21-9-5-15-28-21/h1-3,5-7,9,11-12,15-16H,4,8,10,13-14H2,(H,24,26). The highest BCUT2D eigenvalue weighted by atomic mass is 16.3. The number of benzene rings is 2. The summed E-state index contributed by atoms with van der Waals surface area (Å²) >= 11 is 0. The van der Waals surface area contributed by atoms with E-state index < -0.39 is 0 Å². The van der Waals surface area contributed by atoms with Crippen molar-refractivity contribution in [3.05, 3.63) is 83.8 Å². The molecule has 0 bridgehead atoms. The minimum absolute atomic E-state index is 0.0159. The number of amides is 2. The van der Waals surface area contributed by atoms with E-state index >= 15 is 0 Å². The Morgan fingerprint density at radius 1 is 1.04 bits per heavy atom. The lowest BCUT2D eigenvalue weighted by molar-refractivity contribution is -0.116. The normalized spacial score (nSPS) is 12.6. The monoisotopic (exact) mass is 374 g/mol. The first-order valence-corrected chi connectivity index (χ1v) is 9.53. The van der Waals surface area contributed by atoms with E-state index in [9.17, 15) is 9.59 Å². The highest BCUT2D eigenvalue weighted by molar-refractivity contribution is 6.06. The molecule has 2 aromatic carbocycles. The number of fused-ring (bicyclic) bond motifs is 1. The second kappa shape index (κ2) is 8.13. The van der Waals surface area contributed by atoms with E-state index in [4.69, 9.17) is 4.42 Å². The van der Waals surface area contributed by atoms with Crippen molar-refractivity contribution < 1.29 is 14.0 Å². The topological polar surface area (TPSA) is 62.6 Å². The molecule has 1 aliphatic rings. The molecule has 3 aromatic rings. The average Bonchev–Trinajstić information content (AvgIpc) is 3.38. The van der Waals surface area contributed by atoms with E-state index in [2.05, 4.69) is 17.4 Å². The predicted molar refractivity (Wildman–Crippen MR) is 109 cm³/mol. The molecule has 0 aliphatic carbocycles. The van der Waals surface area contributed by atoms with Crippen LogP contribution >= 0.6 is 0 Å². The number of nitrogens with zero attached hydrogens (tertiary/aromatic N) is 1. The second-order valence-electron chi connectivity index (χ2n) is 6.91. The maximum absolute atomic E-state index is 12.6. The zero-order valence-corrected chi connectivity index (χ0v) is 15.6. The summed E-state index contributed by atoms with van der Waals surface area (Å²) in [5.41, 5.74) is 3.88. The van der Waals surface area contributed by atoms with Gasteiger partial charge in [-0.1, -0.05) is 36.4 Å². The number of aryl methyl sites for hydroxylation is 1. The Morgan fingerprint density at radius 2 is 1.89 bits per heavy atom. The second-order valence-corrected chi connectivity index (χ2v) is 6.91. The zero-order valence-electron chi connectivity index (χ0n) is 15.6. The van der Waals surface area contributed by atoms with Crippen LogP contribution in [0.3, 0.4) is 0 Å². The van der Waals surface area contributed by atoms with E-state index in [1.54, 1.807) is 17.0 Å². The van der Waals surface area contributed by atoms with E-state index in [0.29, 0.717) is 24.4 Å².